The Labute approximate surface area is 797 Å². The van der Waals surface area contributed by atoms with Gasteiger partial charge in [0.25, 0.3) is 0 Å². The summed E-state index contributed by atoms with van der Waals surface area (Å²) in [6.07, 6.45) is 7.15. The molecule has 5 amide bonds. The number of aryl methyl sites for hydroxylation is 2. The van der Waals surface area contributed by atoms with Gasteiger partial charge in [-0.3, -0.25) is 4.84 Å². The smallest absolute Gasteiger partial charge is 0.485 e. The van der Waals surface area contributed by atoms with E-state index in [1.54, 1.807) is 58.3 Å². The molecule has 0 saturated carbocycles. The quantitative estimate of drug-likeness (QED) is 0.00496. The van der Waals surface area contributed by atoms with Gasteiger partial charge in [0, 0.05) is 39.3 Å². The SMILES string of the molecule is C=CCOC(=O)NO[C@](C)(C(=O)OC(C)(C)C)[C@H]1CCc2cc(-c3cn(C[C@H](CNC(=O)OC(C)(C)C)O[Si](C)(C)C(C)(C)C)[n+](CC4CN(C(=O)OC(C)(C)C)C4)c3)ccc2O1.CC(C)(C)OC(=O)NC[C@@H](Cn1cc(-c2ccc3c(c2)CC[C@H]([C@](C)(ON)C(=O)OC(C)(C)C)O3)c[n+]1CC1CN(C(=O)OC(C)(C)C)C1)O[Si](C)(C)C(C)(C)C.O=S(=O)([O-])C(F)(F)F.O=S(=O)([O-])C(F)(F)F. The first kappa shape index (κ1) is 118. The van der Waals surface area contributed by atoms with Gasteiger partial charge >= 0.3 is 53.4 Å². The van der Waals surface area contributed by atoms with Gasteiger partial charge in [0.05, 0.1) is 47.6 Å². The number of rotatable bonds is 27. The van der Waals surface area contributed by atoms with Crippen LogP contribution in [0.1, 0.15) is 204 Å². The number of fused-ring (bicyclic) bond motifs is 2. The van der Waals surface area contributed by atoms with E-state index in [0.29, 0.717) is 89.5 Å². The standard InChI is InChI=1S/C46H73N5O11Si.C42H69N5O9Si.2CHF3O3S/c1-17-22-56-40(54)48-62-46(14,38(52)58-42(2,3)4)37-21-19-33-23-32(18-20-36(33)57-37)34-28-50(27-31-25-49(26-31)41(55)60-44(8,9)10)51(29-34)30-35(61-63(15,16)45(11,12)13)24-47-39(53)59-43(5,6)7;1-38(2,3)52-35(48)42(13,56-43)34-19-17-30-20-29(16-18-33(30)51-34)31-25-46(24-28-22-45(23-28)37(50)54-40(7,8)9)47(26-31)27-32(55-57(14,15)41(10,11)12)21-44-36(49)53-39(4,5)6;2*2-1(3,4)8(5,6)7/h17-18,20,23,28-29,31,35,37H,1,19,21-22,24-27,30H2,2-16H3,(H-,47,48,53,54);16,18,20,25-26,28,32,34H,17,19,21-24,27,43H2,1-15H3;2*(H,5,6,7)/t35-,37+,46-;32-,34+,42-;;/m00../s1. The van der Waals surface area contributed by atoms with Crippen LogP contribution in [0.3, 0.4) is 0 Å². The normalized spacial score (nSPS) is 17.5. The predicted molar refractivity (Wildman–Crippen MR) is 492 cm³/mol. The van der Waals surface area contributed by atoms with Crippen molar-refractivity contribution in [2.24, 2.45) is 17.7 Å². The summed E-state index contributed by atoms with van der Waals surface area (Å²) >= 11 is 0. The van der Waals surface area contributed by atoms with Crippen LogP contribution >= 0.6 is 0 Å². The number of halogens is 6. The van der Waals surface area contributed by atoms with Gasteiger partial charge < -0.3 is 81.0 Å². The number of hydrogen-bond acceptors (Lipinski definition) is 27. The molecule has 2 fully saturated rings. The maximum absolute atomic E-state index is 13.6. The van der Waals surface area contributed by atoms with Crippen LogP contribution in [-0.4, -0.2) is 230 Å². The molecule has 6 heterocycles. The number of alkyl halides is 6. The van der Waals surface area contributed by atoms with Gasteiger partial charge in [-0.2, -0.15) is 41.2 Å². The molecule has 0 radical (unpaired) electrons. The molecule has 0 bridgehead atoms. The molecule has 6 atom stereocenters. The van der Waals surface area contributed by atoms with E-state index >= 15 is 0 Å². The van der Waals surface area contributed by atoms with Crippen LogP contribution in [0.15, 0.2) is 73.8 Å². The molecule has 772 valence electrons. The number of nitrogens with one attached hydrogen (secondary N) is 3. The Morgan fingerprint density at radius 3 is 1.11 bits per heavy atom. The third-order valence-corrected chi connectivity index (χ3v) is 32.2. The first-order valence-electron chi connectivity index (χ1n) is 44.5. The van der Waals surface area contributed by atoms with Crippen molar-refractivity contribution in [3.8, 4) is 33.8 Å². The van der Waals surface area contributed by atoms with Crippen molar-refractivity contribution in [3.05, 3.63) is 85.0 Å². The van der Waals surface area contributed by atoms with Crippen LogP contribution in [0.25, 0.3) is 22.3 Å². The highest BCUT2D eigenvalue weighted by Gasteiger charge is 2.53. The molecule has 2 aromatic carbocycles. The summed E-state index contributed by atoms with van der Waals surface area (Å²) in [5.74, 6) is 6.03. The topological polar surface area (TPSA) is 440 Å². The van der Waals surface area contributed by atoms with Crippen LogP contribution in [0, 0.1) is 11.8 Å². The number of esters is 2. The van der Waals surface area contributed by atoms with Crippen LogP contribution in [0.4, 0.5) is 50.3 Å². The lowest BCUT2D eigenvalue weighted by Crippen LogP contribution is -2.58. The molecule has 2 aromatic heterocycles. The minimum absolute atomic E-state index is 0.0404. The zero-order chi connectivity index (χ0) is 104. The van der Waals surface area contributed by atoms with E-state index in [1.165, 1.54) is 13.0 Å². The van der Waals surface area contributed by atoms with Gasteiger partial charge in [-0.05, 0) is 247 Å². The number of benzene rings is 2. The second kappa shape index (κ2) is 44.7. The Morgan fingerprint density at radius 1 is 0.500 bits per heavy atom. The van der Waals surface area contributed by atoms with Gasteiger partial charge in [-0.25, -0.2) is 61.1 Å². The number of nitrogens with zero attached hydrogens (tertiary/aromatic N) is 6. The Kier molecular flexibility index (Phi) is 38.7. The van der Waals surface area contributed by atoms with Crippen LogP contribution in [0.5, 0.6) is 11.5 Å². The number of carbonyl (C=O) groups is 7. The van der Waals surface area contributed by atoms with Gasteiger partial charge in [0.1, 0.15) is 77.0 Å². The lowest BCUT2D eigenvalue weighted by Gasteiger charge is -2.39. The Morgan fingerprint density at radius 2 is 0.816 bits per heavy atom. The lowest BCUT2D eigenvalue weighted by molar-refractivity contribution is -0.782. The number of carbonyl (C=O) groups excluding carboxylic acids is 7. The molecular formula is C90H144F6N10O26S2Si2. The fourth-order valence-corrected chi connectivity index (χ4v) is 15.9. The Hall–Kier alpha value is -8.88. The summed E-state index contributed by atoms with van der Waals surface area (Å²) < 4.78 is 192. The zero-order valence-electron chi connectivity index (χ0n) is 84.1. The second-order valence-electron chi connectivity index (χ2n) is 43.3. The number of alkyl carbamates (subject to hydrolysis) is 2. The average molecular weight is 2020 g/mol. The molecule has 5 N–H and O–H groups in total. The van der Waals surface area contributed by atoms with Crippen LogP contribution in [0.2, 0.25) is 36.3 Å². The molecule has 46 heteroatoms. The molecule has 0 unspecified atom stereocenters. The first-order valence-corrected chi connectivity index (χ1v) is 53.2. The van der Waals surface area contributed by atoms with E-state index < -0.39 is 141 Å². The third kappa shape index (κ3) is 36.4. The fraction of sp³-hybridized carbons (Fsp3) is 0.700. The molecule has 4 aliphatic heterocycles. The van der Waals surface area contributed by atoms with E-state index in [4.69, 9.17) is 93.0 Å². The molecule has 4 aliphatic rings. The Bertz CT molecular complexity index is 4990. The minimum atomic E-state index is -6.09. The number of hydroxylamine groups is 1. The molecule has 0 aliphatic carbocycles. The minimum Gasteiger partial charge on any atom is -0.741 e. The molecule has 0 spiro atoms. The lowest BCUT2D eigenvalue weighted by atomic mass is 9.89. The number of likely N-dealkylation sites (tertiary alicyclic amines) is 2. The molecule has 136 heavy (non-hydrogen) atoms. The molecule has 8 rings (SSSR count). The highest BCUT2D eigenvalue weighted by molar-refractivity contribution is 7.86. The summed E-state index contributed by atoms with van der Waals surface area (Å²) in [7, 11) is -16.8. The number of aromatic nitrogens is 4. The highest BCUT2D eigenvalue weighted by Crippen LogP contribution is 2.43. The van der Waals surface area contributed by atoms with E-state index in [-0.39, 0.29) is 59.9 Å². The van der Waals surface area contributed by atoms with E-state index in [0.717, 1.165) is 33.4 Å². The van der Waals surface area contributed by atoms with Crippen molar-refractivity contribution in [1.29, 1.82) is 0 Å². The third-order valence-electron chi connectivity index (χ3n) is 22.0. The maximum atomic E-state index is 13.6. The molecule has 36 nitrogen and oxygen atoms in total. The summed E-state index contributed by atoms with van der Waals surface area (Å²) in [5, 5.41) is 5.77. The number of nitrogens with two attached hydrogens (primary N) is 1. The summed E-state index contributed by atoms with van der Waals surface area (Å²) in [5.41, 5.74) is -10.5. The zero-order valence-corrected chi connectivity index (χ0v) is 87.7. The van der Waals surface area contributed by atoms with Gasteiger partial charge in [0.2, 0.25) is 23.6 Å². The average Bonchev–Trinajstić information content (AvgIpc) is 1.21. The van der Waals surface area contributed by atoms with E-state index in [9.17, 15) is 59.9 Å². The second-order valence-corrected chi connectivity index (χ2v) is 55.6. The molecular weight excluding hydrogens is 1870 g/mol. The summed E-state index contributed by atoms with van der Waals surface area (Å²) in [6, 6.07) is 11.9. The van der Waals surface area contributed by atoms with Crippen molar-refractivity contribution in [2.45, 2.75) is 348 Å². The fourth-order valence-electron chi connectivity index (χ4n) is 13.2. The van der Waals surface area contributed by atoms with Crippen molar-refractivity contribution in [1.82, 2.24) is 35.3 Å². The summed E-state index contributed by atoms with van der Waals surface area (Å²) in [4.78, 5) is 105. The predicted octanol–water partition coefficient (Wildman–Crippen LogP) is 14.9. The van der Waals surface area contributed by atoms with Crippen LogP contribution < -0.4 is 40.8 Å². The highest BCUT2D eigenvalue weighted by atomic mass is 32.2. The summed E-state index contributed by atoms with van der Waals surface area (Å²) in [6.45, 7) is 66.3. The largest absolute Gasteiger partial charge is 0.741 e. The van der Waals surface area contributed by atoms with Crippen molar-refractivity contribution >= 4 is 79.3 Å². The first-order chi connectivity index (χ1) is 61.4. The number of amides is 5. The maximum Gasteiger partial charge on any atom is 0.485 e. The monoisotopic (exact) mass is 2010 g/mol. The van der Waals surface area contributed by atoms with Crippen molar-refractivity contribution in [3.63, 3.8) is 0 Å². The van der Waals surface area contributed by atoms with E-state index in [1.807, 2.05) is 107 Å². The molecule has 2 saturated heterocycles. The number of ether oxygens (including phenoxy) is 9. The van der Waals surface area contributed by atoms with Gasteiger partial charge in [0.15, 0.2) is 50.0 Å². The van der Waals surface area contributed by atoms with Gasteiger partial charge in [-0.1, -0.05) is 66.3 Å². The molecule has 4 aromatic rings. The van der Waals surface area contributed by atoms with Crippen LogP contribution in [-0.2, 0) is 121 Å². The Balaban J connectivity index is 0.000000414. The van der Waals surface area contributed by atoms with Crippen molar-refractivity contribution in [2.75, 3.05) is 45.9 Å². The van der Waals surface area contributed by atoms with Gasteiger partial charge in [-0.15, -0.1) is 9.36 Å². The number of hydrogen-bond donors (Lipinski definition) is 4. The van der Waals surface area contributed by atoms with Crippen molar-refractivity contribution < 1.29 is 156 Å². The van der Waals surface area contributed by atoms with E-state index in [2.05, 4.69) is 146 Å².